The van der Waals surface area contributed by atoms with Crippen molar-refractivity contribution in [3.05, 3.63) is 71.8 Å². The van der Waals surface area contributed by atoms with Crippen molar-refractivity contribution < 1.29 is 71.3 Å². The molecule has 0 saturated carbocycles. The van der Waals surface area contributed by atoms with Crippen LogP contribution in [0.3, 0.4) is 0 Å². The molecule has 2 aromatic carbocycles. The Morgan fingerprint density at radius 2 is 1.30 bits per heavy atom. The monoisotopic (exact) mass is 702 g/mol. The maximum Gasteiger partial charge on any atom is 0.303 e. The molecule has 3 saturated heterocycles. The van der Waals surface area contributed by atoms with Gasteiger partial charge in [-0.2, -0.15) is 0 Å². The van der Waals surface area contributed by atoms with Gasteiger partial charge < -0.3 is 52.1 Å². The van der Waals surface area contributed by atoms with Gasteiger partial charge in [0.15, 0.2) is 37.2 Å². The molecule has 0 N–H and O–H groups in total. The molecule has 3 aliphatic heterocycles. The third-order valence-corrected chi connectivity index (χ3v) is 8.11. The first-order valence-electron chi connectivity index (χ1n) is 16.2. The Morgan fingerprint density at radius 1 is 0.680 bits per heavy atom. The lowest BCUT2D eigenvalue weighted by molar-refractivity contribution is -0.395. The van der Waals surface area contributed by atoms with Gasteiger partial charge in [-0.25, -0.2) is 0 Å². The van der Waals surface area contributed by atoms with Crippen molar-refractivity contribution >= 4 is 23.9 Å². The molecule has 0 aliphatic carbocycles. The topological polar surface area (TPSA) is 170 Å². The molecular formula is C35H42O15. The standard InChI is InChI=1S/C35H42O15/c1-19(36)41-17-25-28(44-20(2)37)30(45-21(3)38)32(46-22(4)39)35(48-25)50-31-29(42-16-23-12-8-6-9-13-23)27-26(47-34(31)40-5)18-43-33(49-27)24-14-10-7-11-15-24/h6-15,25-35H,16-18H2,1-5H3/t25-,26-,27-,28-,29+,30+,31-,32+,33-,34+,35-/m1/s1. The van der Waals surface area contributed by atoms with E-state index >= 15 is 0 Å². The number of hydrogen-bond donors (Lipinski definition) is 0. The second-order valence-corrected chi connectivity index (χ2v) is 11.9. The normalized spacial score (nSPS) is 32.2. The Morgan fingerprint density at radius 3 is 1.92 bits per heavy atom. The Balaban J connectivity index is 1.51. The number of rotatable bonds is 12. The summed E-state index contributed by atoms with van der Waals surface area (Å²) in [4.78, 5) is 48.8. The molecule has 3 heterocycles. The van der Waals surface area contributed by atoms with Gasteiger partial charge in [-0.3, -0.25) is 19.2 Å². The van der Waals surface area contributed by atoms with Crippen LogP contribution in [-0.4, -0.2) is 106 Å². The number of carbonyl (C=O) groups excluding carboxylic acids is 4. The molecule has 50 heavy (non-hydrogen) atoms. The molecular weight excluding hydrogens is 660 g/mol. The first-order chi connectivity index (χ1) is 24.0. The molecule has 0 bridgehead atoms. The average Bonchev–Trinajstić information content (AvgIpc) is 3.09. The van der Waals surface area contributed by atoms with E-state index in [2.05, 4.69) is 0 Å². The molecule has 0 unspecified atom stereocenters. The number of esters is 4. The minimum Gasteiger partial charge on any atom is -0.463 e. The third kappa shape index (κ3) is 9.42. The zero-order valence-corrected chi connectivity index (χ0v) is 28.4. The Hall–Kier alpha value is -3.96. The van der Waals surface area contributed by atoms with Gasteiger partial charge in [-0.1, -0.05) is 60.7 Å². The van der Waals surface area contributed by atoms with Crippen LogP contribution in [0, 0.1) is 0 Å². The zero-order chi connectivity index (χ0) is 35.8. The van der Waals surface area contributed by atoms with Gasteiger partial charge in [0.2, 0.25) is 0 Å². The molecule has 3 fully saturated rings. The quantitative estimate of drug-likeness (QED) is 0.233. The van der Waals surface area contributed by atoms with Crippen molar-refractivity contribution in [2.24, 2.45) is 0 Å². The molecule has 0 aromatic heterocycles. The highest BCUT2D eigenvalue weighted by Gasteiger charge is 2.57. The first-order valence-corrected chi connectivity index (χ1v) is 16.2. The van der Waals surface area contributed by atoms with E-state index in [9.17, 15) is 19.2 Å². The number of ether oxygens (including phenoxy) is 11. The molecule has 11 atom stereocenters. The van der Waals surface area contributed by atoms with Crippen molar-refractivity contribution in [2.75, 3.05) is 20.3 Å². The summed E-state index contributed by atoms with van der Waals surface area (Å²) in [6.07, 6.45) is -12.3. The Labute approximate surface area is 289 Å². The van der Waals surface area contributed by atoms with Gasteiger partial charge in [-0.05, 0) is 5.56 Å². The molecule has 0 spiro atoms. The number of carbonyl (C=O) groups is 4. The van der Waals surface area contributed by atoms with Crippen molar-refractivity contribution in [2.45, 2.75) is 102 Å². The summed E-state index contributed by atoms with van der Waals surface area (Å²) in [6.45, 7) is 4.46. The number of hydrogen-bond acceptors (Lipinski definition) is 15. The van der Waals surface area contributed by atoms with E-state index in [-0.39, 0.29) is 13.2 Å². The molecule has 0 radical (unpaired) electrons. The van der Waals surface area contributed by atoms with Gasteiger partial charge in [-0.15, -0.1) is 0 Å². The van der Waals surface area contributed by atoms with Gasteiger partial charge >= 0.3 is 23.9 Å². The summed E-state index contributed by atoms with van der Waals surface area (Å²) in [5, 5.41) is 0. The summed E-state index contributed by atoms with van der Waals surface area (Å²) in [5.74, 6) is -2.96. The molecule has 5 rings (SSSR count). The molecule has 15 heteroatoms. The fraction of sp³-hybridized carbons (Fsp3) is 0.543. The molecule has 0 amide bonds. The summed E-state index contributed by atoms with van der Waals surface area (Å²) >= 11 is 0. The van der Waals surface area contributed by atoms with E-state index < -0.39 is 98.2 Å². The first kappa shape index (κ1) is 37.3. The smallest absolute Gasteiger partial charge is 0.303 e. The molecule has 15 nitrogen and oxygen atoms in total. The van der Waals surface area contributed by atoms with E-state index in [4.69, 9.17) is 52.1 Å². The van der Waals surface area contributed by atoms with Crippen LogP contribution >= 0.6 is 0 Å². The fourth-order valence-electron chi connectivity index (χ4n) is 6.07. The largest absolute Gasteiger partial charge is 0.463 e. The van der Waals surface area contributed by atoms with Crippen molar-refractivity contribution in [1.82, 2.24) is 0 Å². The van der Waals surface area contributed by atoms with Crippen LogP contribution in [0.1, 0.15) is 45.1 Å². The number of benzene rings is 2. The maximum atomic E-state index is 12.5. The van der Waals surface area contributed by atoms with Crippen molar-refractivity contribution in [1.29, 1.82) is 0 Å². The number of fused-ring (bicyclic) bond motifs is 1. The SMILES string of the molecule is CO[C@H]1O[C@@H]2CO[C@@H](c3ccccc3)O[C@H]2[C@H](OCc2ccccc2)[C@H]1O[C@H]1O[C@H](COC(C)=O)[C@@H](OC(C)=O)[C@H](OC(C)=O)[C@@H]1OC(C)=O. The summed E-state index contributed by atoms with van der Waals surface area (Å²) in [5.41, 5.74) is 1.64. The van der Waals surface area contributed by atoms with Gasteiger partial charge in [0.05, 0.1) is 13.2 Å². The zero-order valence-electron chi connectivity index (χ0n) is 28.4. The van der Waals surface area contributed by atoms with E-state index in [1.807, 2.05) is 60.7 Å². The lowest BCUT2D eigenvalue weighted by Gasteiger charge is -2.50. The minimum absolute atomic E-state index is 0.140. The summed E-state index contributed by atoms with van der Waals surface area (Å²) < 4.78 is 65.8. The summed E-state index contributed by atoms with van der Waals surface area (Å²) in [6, 6.07) is 18.8. The lowest BCUT2D eigenvalue weighted by Crippen LogP contribution is -2.67. The Bertz CT molecular complexity index is 1440. The average molecular weight is 703 g/mol. The van der Waals surface area contributed by atoms with Crippen LogP contribution in [0.5, 0.6) is 0 Å². The second kappa shape index (κ2) is 17.3. The highest BCUT2D eigenvalue weighted by molar-refractivity contribution is 5.68. The van der Waals surface area contributed by atoms with Crippen LogP contribution in [0.15, 0.2) is 60.7 Å². The van der Waals surface area contributed by atoms with Crippen LogP contribution in [0.4, 0.5) is 0 Å². The van der Waals surface area contributed by atoms with Crippen LogP contribution < -0.4 is 0 Å². The highest BCUT2D eigenvalue weighted by atomic mass is 16.8. The van der Waals surface area contributed by atoms with E-state index in [0.29, 0.717) is 0 Å². The minimum atomic E-state index is -1.52. The molecule has 272 valence electrons. The fourth-order valence-corrected chi connectivity index (χ4v) is 6.07. The second-order valence-electron chi connectivity index (χ2n) is 11.9. The predicted molar refractivity (Wildman–Crippen MR) is 168 cm³/mol. The predicted octanol–water partition coefficient (Wildman–Crippen LogP) is 2.53. The van der Waals surface area contributed by atoms with Crippen LogP contribution in [0.2, 0.25) is 0 Å². The Kier molecular flexibility index (Phi) is 12.9. The van der Waals surface area contributed by atoms with Crippen LogP contribution in [-0.2, 0) is 77.9 Å². The van der Waals surface area contributed by atoms with Crippen molar-refractivity contribution in [3.8, 4) is 0 Å². The number of methoxy groups -OCH3 is 1. The third-order valence-electron chi connectivity index (χ3n) is 8.11. The van der Waals surface area contributed by atoms with Gasteiger partial charge in [0.25, 0.3) is 0 Å². The van der Waals surface area contributed by atoms with E-state index in [0.717, 1.165) is 31.9 Å². The van der Waals surface area contributed by atoms with E-state index in [1.54, 1.807) is 0 Å². The molecule has 3 aliphatic rings. The van der Waals surface area contributed by atoms with Crippen molar-refractivity contribution in [3.63, 3.8) is 0 Å². The van der Waals surface area contributed by atoms with Gasteiger partial charge in [0, 0.05) is 40.4 Å². The van der Waals surface area contributed by atoms with Gasteiger partial charge in [0.1, 0.15) is 37.1 Å². The lowest BCUT2D eigenvalue weighted by atomic mass is 9.95. The molecule has 2 aromatic rings. The van der Waals surface area contributed by atoms with E-state index in [1.165, 1.54) is 14.0 Å². The van der Waals surface area contributed by atoms with Crippen LogP contribution in [0.25, 0.3) is 0 Å². The highest BCUT2D eigenvalue weighted by Crippen LogP contribution is 2.39. The maximum absolute atomic E-state index is 12.5. The summed E-state index contributed by atoms with van der Waals surface area (Å²) in [7, 11) is 1.42.